The summed E-state index contributed by atoms with van der Waals surface area (Å²) in [6.45, 7) is 2.19. The van der Waals surface area contributed by atoms with E-state index in [0.717, 1.165) is 12.8 Å². The van der Waals surface area contributed by atoms with Crippen LogP contribution >= 0.6 is 15.9 Å². The van der Waals surface area contributed by atoms with Crippen molar-refractivity contribution in [3.63, 3.8) is 0 Å². The predicted molar refractivity (Wildman–Crippen MR) is 64.1 cm³/mol. The van der Waals surface area contributed by atoms with E-state index in [0.29, 0.717) is 16.9 Å². The van der Waals surface area contributed by atoms with E-state index in [4.69, 9.17) is 4.42 Å². The van der Waals surface area contributed by atoms with Gasteiger partial charge < -0.3 is 4.42 Å². The van der Waals surface area contributed by atoms with Gasteiger partial charge in [-0.05, 0) is 34.5 Å². The Balaban J connectivity index is 2.19. The molecular formula is C12H17BrO2. The van der Waals surface area contributed by atoms with Crippen LogP contribution < -0.4 is 0 Å². The Bertz CT molecular complexity index is 304. The monoisotopic (exact) mass is 272 g/mol. The third kappa shape index (κ3) is 4.65. The van der Waals surface area contributed by atoms with Crippen LogP contribution in [0.1, 0.15) is 56.0 Å². The third-order valence-corrected chi connectivity index (χ3v) is 2.78. The van der Waals surface area contributed by atoms with Crippen molar-refractivity contribution in [2.75, 3.05) is 0 Å². The fourth-order valence-corrected chi connectivity index (χ4v) is 1.78. The van der Waals surface area contributed by atoms with Gasteiger partial charge in [0.2, 0.25) is 0 Å². The van der Waals surface area contributed by atoms with Crippen molar-refractivity contribution in [1.82, 2.24) is 0 Å². The second-order valence-electron chi connectivity index (χ2n) is 3.69. The first-order valence-corrected chi connectivity index (χ1v) is 6.32. The molecule has 0 aliphatic rings. The van der Waals surface area contributed by atoms with Gasteiger partial charge >= 0.3 is 0 Å². The van der Waals surface area contributed by atoms with E-state index < -0.39 is 0 Å². The van der Waals surface area contributed by atoms with Crippen molar-refractivity contribution in [3.8, 4) is 0 Å². The van der Waals surface area contributed by atoms with E-state index in [-0.39, 0.29) is 5.78 Å². The number of ketones is 1. The predicted octanol–water partition coefficient (Wildman–Crippen LogP) is 4.59. The zero-order valence-electron chi connectivity index (χ0n) is 9.09. The molecule has 0 spiro atoms. The minimum Gasteiger partial charge on any atom is -0.446 e. The Hall–Kier alpha value is -0.570. The highest BCUT2D eigenvalue weighted by atomic mass is 79.9. The molecule has 0 bridgehead atoms. The molecule has 0 atom stereocenters. The molecule has 0 fully saturated rings. The molecule has 3 heteroatoms. The number of carbonyl (C=O) groups is 1. The molecule has 0 unspecified atom stereocenters. The van der Waals surface area contributed by atoms with Gasteiger partial charge in [-0.1, -0.05) is 32.6 Å². The first-order valence-electron chi connectivity index (χ1n) is 5.52. The topological polar surface area (TPSA) is 30.2 Å². The maximum atomic E-state index is 11.6. The SMILES string of the molecule is CCCCCCCC(=O)c1ccc(Br)o1. The molecule has 0 aliphatic heterocycles. The molecule has 0 amide bonds. The highest BCUT2D eigenvalue weighted by Crippen LogP contribution is 2.16. The van der Waals surface area contributed by atoms with Crippen molar-refractivity contribution in [1.29, 1.82) is 0 Å². The van der Waals surface area contributed by atoms with Crippen molar-refractivity contribution < 1.29 is 9.21 Å². The quantitative estimate of drug-likeness (QED) is 0.537. The van der Waals surface area contributed by atoms with Gasteiger partial charge in [-0.2, -0.15) is 0 Å². The number of hydrogen-bond donors (Lipinski definition) is 0. The van der Waals surface area contributed by atoms with E-state index in [1.807, 2.05) is 0 Å². The summed E-state index contributed by atoms with van der Waals surface area (Å²) in [4.78, 5) is 11.6. The molecule has 0 radical (unpaired) electrons. The molecule has 0 saturated heterocycles. The van der Waals surface area contributed by atoms with Gasteiger partial charge in [-0.3, -0.25) is 4.79 Å². The number of hydrogen-bond acceptors (Lipinski definition) is 2. The van der Waals surface area contributed by atoms with Crippen molar-refractivity contribution in [2.24, 2.45) is 0 Å². The lowest BCUT2D eigenvalue weighted by molar-refractivity contribution is 0.0951. The Morgan fingerprint density at radius 3 is 2.60 bits per heavy atom. The maximum Gasteiger partial charge on any atom is 0.198 e. The Labute approximate surface area is 99.2 Å². The van der Waals surface area contributed by atoms with E-state index in [1.165, 1.54) is 19.3 Å². The number of carbonyl (C=O) groups excluding carboxylic acids is 1. The fraction of sp³-hybridized carbons (Fsp3) is 0.583. The van der Waals surface area contributed by atoms with Crippen molar-refractivity contribution in [3.05, 3.63) is 22.6 Å². The minimum atomic E-state index is 0.109. The molecule has 1 heterocycles. The minimum absolute atomic E-state index is 0.109. The van der Waals surface area contributed by atoms with Crippen LogP contribution in [0.5, 0.6) is 0 Å². The molecule has 0 aliphatic carbocycles. The van der Waals surface area contributed by atoms with E-state index in [9.17, 15) is 4.79 Å². The molecule has 1 aromatic rings. The van der Waals surface area contributed by atoms with Crippen LogP contribution in [0.15, 0.2) is 21.2 Å². The largest absolute Gasteiger partial charge is 0.446 e. The summed E-state index contributed by atoms with van der Waals surface area (Å²) in [5.74, 6) is 0.578. The van der Waals surface area contributed by atoms with Crippen LogP contribution in [-0.2, 0) is 0 Å². The summed E-state index contributed by atoms with van der Waals surface area (Å²) < 4.78 is 5.81. The second-order valence-corrected chi connectivity index (χ2v) is 4.47. The average molecular weight is 273 g/mol. The molecule has 0 saturated carbocycles. The molecular weight excluding hydrogens is 256 g/mol. The lowest BCUT2D eigenvalue weighted by Gasteiger charge is -1.98. The van der Waals surface area contributed by atoms with Gasteiger partial charge in [-0.15, -0.1) is 0 Å². The molecule has 84 valence electrons. The first kappa shape index (κ1) is 12.5. The first-order chi connectivity index (χ1) is 7.24. The van der Waals surface area contributed by atoms with E-state index >= 15 is 0 Å². The van der Waals surface area contributed by atoms with Gasteiger partial charge in [0.25, 0.3) is 0 Å². The zero-order valence-corrected chi connectivity index (χ0v) is 10.7. The van der Waals surface area contributed by atoms with Crippen LogP contribution in [0.3, 0.4) is 0 Å². The van der Waals surface area contributed by atoms with Crippen LogP contribution in [0, 0.1) is 0 Å². The summed E-state index contributed by atoms with van der Waals surface area (Å²) >= 11 is 3.18. The molecule has 0 N–H and O–H groups in total. The number of Topliss-reactive ketones (excluding diaryl/α,β-unsaturated/α-hetero) is 1. The standard InChI is InChI=1S/C12H17BrO2/c1-2-3-4-5-6-7-10(14)11-8-9-12(13)15-11/h8-9H,2-7H2,1H3. The Morgan fingerprint density at radius 2 is 2.00 bits per heavy atom. The zero-order chi connectivity index (χ0) is 11.1. The van der Waals surface area contributed by atoms with Crippen LogP contribution in [-0.4, -0.2) is 5.78 Å². The molecule has 0 aromatic carbocycles. The normalized spacial score (nSPS) is 10.5. The van der Waals surface area contributed by atoms with Gasteiger partial charge in [-0.25, -0.2) is 0 Å². The molecule has 15 heavy (non-hydrogen) atoms. The smallest absolute Gasteiger partial charge is 0.198 e. The maximum absolute atomic E-state index is 11.6. The van der Waals surface area contributed by atoms with E-state index in [2.05, 4.69) is 22.9 Å². The number of unbranched alkanes of at least 4 members (excludes halogenated alkanes) is 4. The fourth-order valence-electron chi connectivity index (χ4n) is 1.48. The second kappa shape index (κ2) is 6.83. The average Bonchev–Trinajstić information content (AvgIpc) is 2.64. The summed E-state index contributed by atoms with van der Waals surface area (Å²) in [7, 11) is 0. The number of rotatable bonds is 7. The van der Waals surface area contributed by atoms with Crippen molar-refractivity contribution >= 4 is 21.7 Å². The lowest BCUT2D eigenvalue weighted by atomic mass is 10.1. The van der Waals surface area contributed by atoms with Crippen molar-refractivity contribution in [2.45, 2.75) is 45.4 Å². The lowest BCUT2D eigenvalue weighted by Crippen LogP contribution is -1.96. The Morgan fingerprint density at radius 1 is 1.27 bits per heavy atom. The third-order valence-electron chi connectivity index (χ3n) is 2.36. The van der Waals surface area contributed by atoms with E-state index in [1.54, 1.807) is 12.1 Å². The van der Waals surface area contributed by atoms with Crippen LogP contribution in [0.25, 0.3) is 0 Å². The van der Waals surface area contributed by atoms with Gasteiger partial charge in [0.05, 0.1) is 0 Å². The summed E-state index contributed by atoms with van der Waals surface area (Å²) in [6, 6.07) is 3.47. The summed E-state index contributed by atoms with van der Waals surface area (Å²) in [6.07, 6.45) is 6.44. The van der Waals surface area contributed by atoms with Gasteiger partial charge in [0.15, 0.2) is 16.2 Å². The number of furan rings is 1. The van der Waals surface area contributed by atoms with Gasteiger partial charge in [0, 0.05) is 6.42 Å². The molecule has 2 nitrogen and oxygen atoms in total. The molecule has 1 rings (SSSR count). The Kier molecular flexibility index (Phi) is 5.69. The van der Waals surface area contributed by atoms with Crippen LogP contribution in [0.2, 0.25) is 0 Å². The molecule has 1 aromatic heterocycles. The van der Waals surface area contributed by atoms with Gasteiger partial charge in [0.1, 0.15) is 0 Å². The van der Waals surface area contributed by atoms with Crippen LogP contribution in [0.4, 0.5) is 0 Å². The number of halogens is 1. The highest BCUT2D eigenvalue weighted by molar-refractivity contribution is 9.10. The summed E-state index contributed by atoms with van der Waals surface area (Å²) in [5.41, 5.74) is 0. The highest BCUT2D eigenvalue weighted by Gasteiger charge is 2.09. The summed E-state index contributed by atoms with van der Waals surface area (Å²) in [5, 5.41) is 0.